The average molecular weight is 169 g/mol. The van der Waals surface area contributed by atoms with Gasteiger partial charge in [0.15, 0.2) is 0 Å². The van der Waals surface area contributed by atoms with Crippen LogP contribution >= 0.6 is 0 Å². The molecule has 0 aromatic carbocycles. The van der Waals surface area contributed by atoms with E-state index in [1.54, 1.807) is 0 Å². The molecule has 1 rings (SSSR count). The Balaban J connectivity index is 3.00. The summed E-state index contributed by atoms with van der Waals surface area (Å²) in [5, 5.41) is 5.40. The maximum atomic E-state index is 10.9. The Labute approximate surface area is 66.8 Å². The molecule has 0 radical (unpaired) electrons. The van der Waals surface area contributed by atoms with Gasteiger partial charge in [-0.25, -0.2) is 5.10 Å². The molecule has 64 valence electrons. The Bertz CT molecular complexity index is 378. The minimum Gasteiger partial charge on any atom is -0.303 e. The first-order chi connectivity index (χ1) is 5.75. The molecule has 6 nitrogen and oxygen atoms in total. The van der Waals surface area contributed by atoms with Gasteiger partial charge in [-0.05, 0) is 0 Å². The van der Waals surface area contributed by atoms with E-state index >= 15 is 0 Å². The molecule has 12 heavy (non-hydrogen) atoms. The molecule has 0 amide bonds. The Hall–Kier alpha value is -1.72. The smallest absolute Gasteiger partial charge is 0.303 e. The summed E-state index contributed by atoms with van der Waals surface area (Å²) in [6, 6.07) is 0. The number of aldehydes is 1. The molecule has 0 fully saturated rings. The number of nitrogens with one attached hydrogen (secondary N) is 1. The van der Waals surface area contributed by atoms with Crippen LogP contribution in [0.4, 0.5) is 0 Å². The van der Waals surface area contributed by atoms with Crippen molar-refractivity contribution in [2.24, 2.45) is 0 Å². The number of nitrogens with zero attached hydrogens (tertiary/aromatic N) is 2. The van der Waals surface area contributed by atoms with Crippen molar-refractivity contribution in [3.8, 4) is 0 Å². The topological polar surface area (TPSA) is 84.8 Å². The Morgan fingerprint density at radius 3 is 3.00 bits per heavy atom. The Morgan fingerprint density at radius 1 is 1.58 bits per heavy atom. The SMILES string of the molecule is O=CCCn1cn[nH]c(=O)c1=O. The summed E-state index contributed by atoms with van der Waals surface area (Å²) in [5.74, 6) is 0. The molecule has 1 N–H and O–H groups in total. The highest BCUT2D eigenvalue weighted by Crippen LogP contribution is 1.77. The van der Waals surface area contributed by atoms with Crippen LogP contribution in [-0.2, 0) is 11.3 Å². The van der Waals surface area contributed by atoms with Crippen LogP contribution in [0, 0.1) is 0 Å². The third-order valence-electron chi connectivity index (χ3n) is 1.31. The maximum Gasteiger partial charge on any atom is 0.330 e. The van der Waals surface area contributed by atoms with Gasteiger partial charge in [0.1, 0.15) is 12.6 Å². The molecule has 1 aromatic rings. The van der Waals surface area contributed by atoms with E-state index in [1.165, 1.54) is 6.33 Å². The van der Waals surface area contributed by atoms with Crippen molar-refractivity contribution in [1.82, 2.24) is 14.8 Å². The van der Waals surface area contributed by atoms with E-state index < -0.39 is 11.1 Å². The largest absolute Gasteiger partial charge is 0.330 e. The van der Waals surface area contributed by atoms with Crippen LogP contribution in [0.1, 0.15) is 6.42 Å². The lowest BCUT2D eigenvalue weighted by atomic mass is 10.5. The van der Waals surface area contributed by atoms with Gasteiger partial charge in [0.05, 0.1) is 0 Å². The first kappa shape index (κ1) is 8.38. The quantitative estimate of drug-likeness (QED) is 0.441. The number of rotatable bonds is 3. The fourth-order valence-electron chi connectivity index (χ4n) is 0.739. The number of H-pyrrole nitrogens is 1. The normalized spacial score (nSPS) is 9.67. The van der Waals surface area contributed by atoms with Gasteiger partial charge in [-0.1, -0.05) is 0 Å². The van der Waals surface area contributed by atoms with Gasteiger partial charge in [-0.2, -0.15) is 5.10 Å². The van der Waals surface area contributed by atoms with Crippen LogP contribution in [0.3, 0.4) is 0 Å². The molecule has 0 aliphatic carbocycles. The first-order valence-corrected chi connectivity index (χ1v) is 3.33. The summed E-state index contributed by atoms with van der Waals surface area (Å²) in [7, 11) is 0. The van der Waals surface area contributed by atoms with E-state index in [9.17, 15) is 14.4 Å². The predicted molar refractivity (Wildman–Crippen MR) is 39.8 cm³/mol. The zero-order chi connectivity index (χ0) is 8.97. The molecule has 1 aromatic heterocycles. The van der Waals surface area contributed by atoms with Crippen LogP contribution in [0.2, 0.25) is 0 Å². The van der Waals surface area contributed by atoms with Gasteiger partial charge in [0, 0.05) is 13.0 Å². The van der Waals surface area contributed by atoms with E-state index in [1.807, 2.05) is 5.10 Å². The van der Waals surface area contributed by atoms with Gasteiger partial charge in [-0.3, -0.25) is 14.2 Å². The number of hydrogen-bond acceptors (Lipinski definition) is 4. The third kappa shape index (κ3) is 1.66. The summed E-state index contributed by atoms with van der Waals surface area (Å²) < 4.78 is 1.09. The molecule has 0 aliphatic heterocycles. The van der Waals surface area contributed by atoms with Crippen molar-refractivity contribution in [1.29, 1.82) is 0 Å². The second-order valence-corrected chi connectivity index (χ2v) is 2.14. The maximum absolute atomic E-state index is 10.9. The van der Waals surface area contributed by atoms with Crippen molar-refractivity contribution < 1.29 is 4.79 Å². The van der Waals surface area contributed by atoms with E-state index in [4.69, 9.17) is 0 Å². The van der Waals surface area contributed by atoms with E-state index in [-0.39, 0.29) is 13.0 Å². The van der Waals surface area contributed by atoms with Gasteiger partial charge < -0.3 is 4.79 Å². The van der Waals surface area contributed by atoms with E-state index in [0.717, 1.165) is 4.57 Å². The Morgan fingerprint density at radius 2 is 2.33 bits per heavy atom. The lowest BCUT2D eigenvalue weighted by Gasteiger charge is -1.97. The van der Waals surface area contributed by atoms with Gasteiger partial charge in [0.25, 0.3) is 0 Å². The monoisotopic (exact) mass is 169 g/mol. The average Bonchev–Trinajstić information content (AvgIpc) is 2.08. The first-order valence-electron chi connectivity index (χ1n) is 3.33. The van der Waals surface area contributed by atoms with Crippen molar-refractivity contribution in [2.75, 3.05) is 0 Å². The summed E-state index contributed by atoms with van der Waals surface area (Å²) in [6.45, 7) is 0.194. The zero-order valence-electron chi connectivity index (χ0n) is 6.19. The van der Waals surface area contributed by atoms with E-state index in [0.29, 0.717) is 6.29 Å². The summed E-state index contributed by atoms with van der Waals surface area (Å²) in [6.07, 6.45) is 2.06. The predicted octanol–water partition coefficient (Wildman–Crippen LogP) is -1.48. The molecule has 0 unspecified atom stereocenters. The highest BCUT2D eigenvalue weighted by molar-refractivity contribution is 5.48. The summed E-state index contributed by atoms with van der Waals surface area (Å²) in [4.78, 5) is 31.6. The van der Waals surface area contributed by atoms with Crippen molar-refractivity contribution in [3.05, 3.63) is 27.0 Å². The molecule has 6 heteroatoms. The molecule has 0 atom stereocenters. The molecular weight excluding hydrogens is 162 g/mol. The fraction of sp³-hybridized carbons (Fsp3) is 0.333. The third-order valence-corrected chi connectivity index (χ3v) is 1.31. The lowest BCUT2D eigenvalue weighted by Crippen LogP contribution is -2.36. The standard InChI is InChI=1S/C6H7N3O3/c10-3-1-2-9-4-7-8-5(11)6(9)12/h3-4H,1-2H2,(H,8,11). The summed E-state index contributed by atoms with van der Waals surface area (Å²) >= 11 is 0. The van der Waals surface area contributed by atoms with Crippen molar-refractivity contribution >= 4 is 6.29 Å². The lowest BCUT2D eigenvalue weighted by molar-refractivity contribution is -0.108. The van der Waals surface area contributed by atoms with Crippen LogP contribution < -0.4 is 11.1 Å². The number of aromatic nitrogens is 3. The van der Waals surface area contributed by atoms with Crippen molar-refractivity contribution in [2.45, 2.75) is 13.0 Å². The van der Waals surface area contributed by atoms with Crippen molar-refractivity contribution in [3.63, 3.8) is 0 Å². The fourth-order valence-corrected chi connectivity index (χ4v) is 0.739. The highest BCUT2D eigenvalue weighted by atomic mass is 16.2. The minimum absolute atomic E-state index is 0.194. The molecular formula is C6H7N3O3. The van der Waals surface area contributed by atoms with Crippen LogP contribution in [0.15, 0.2) is 15.9 Å². The van der Waals surface area contributed by atoms with E-state index in [2.05, 4.69) is 5.10 Å². The van der Waals surface area contributed by atoms with Crippen LogP contribution in [-0.4, -0.2) is 21.1 Å². The number of carbonyl (C=O) groups is 1. The zero-order valence-corrected chi connectivity index (χ0v) is 6.19. The number of hydrogen-bond donors (Lipinski definition) is 1. The van der Waals surface area contributed by atoms with Gasteiger partial charge >= 0.3 is 11.1 Å². The molecule has 0 aliphatic rings. The minimum atomic E-state index is -0.775. The second-order valence-electron chi connectivity index (χ2n) is 2.14. The molecule has 0 spiro atoms. The highest BCUT2D eigenvalue weighted by Gasteiger charge is 1.98. The van der Waals surface area contributed by atoms with Gasteiger partial charge in [0.2, 0.25) is 0 Å². The summed E-state index contributed by atoms with van der Waals surface area (Å²) in [5.41, 5.74) is -1.46. The second kappa shape index (κ2) is 3.61. The molecule has 1 heterocycles. The van der Waals surface area contributed by atoms with Crippen LogP contribution in [0.25, 0.3) is 0 Å². The van der Waals surface area contributed by atoms with Crippen LogP contribution in [0.5, 0.6) is 0 Å². The number of aromatic amines is 1. The molecule has 0 saturated heterocycles. The van der Waals surface area contributed by atoms with Gasteiger partial charge in [-0.15, -0.1) is 0 Å². The number of carbonyl (C=O) groups excluding carboxylic acids is 1. The molecule has 0 saturated carbocycles. The molecule has 0 bridgehead atoms. The number of aryl methyl sites for hydroxylation is 1. The Kier molecular flexibility index (Phi) is 2.52.